The normalized spacial score (nSPS) is 19.4. The number of carbonyl (C=O) groups excluding carboxylic acids is 1. The van der Waals surface area contributed by atoms with Gasteiger partial charge >= 0.3 is 6.09 Å². The van der Waals surface area contributed by atoms with Crippen LogP contribution in [-0.4, -0.2) is 46.3 Å². The molecule has 2 aliphatic rings. The molecule has 0 unspecified atom stereocenters. The van der Waals surface area contributed by atoms with Gasteiger partial charge in [0.1, 0.15) is 11.9 Å². The molecule has 0 radical (unpaired) electrons. The van der Waals surface area contributed by atoms with Crippen molar-refractivity contribution in [2.24, 2.45) is 5.92 Å². The SMILES string of the molecule is CC(C)(C)OC(=O)N1CCC(COc2cc(C3CCC3)ncn2)CC1. The van der Waals surface area contributed by atoms with Gasteiger partial charge in [0.15, 0.2) is 0 Å². The Hall–Kier alpha value is -1.85. The fraction of sp³-hybridized carbons (Fsp3) is 0.737. The maximum absolute atomic E-state index is 12.1. The van der Waals surface area contributed by atoms with Gasteiger partial charge in [0, 0.05) is 25.1 Å². The summed E-state index contributed by atoms with van der Waals surface area (Å²) in [7, 11) is 0. The molecule has 138 valence electrons. The molecule has 0 N–H and O–H groups in total. The highest BCUT2D eigenvalue weighted by Crippen LogP contribution is 2.35. The molecule has 1 amide bonds. The molecule has 0 aromatic carbocycles. The van der Waals surface area contributed by atoms with E-state index in [0.29, 0.717) is 24.3 Å². The summed E-state index contributed by atoms with van der Waals surface area (Å²) in [6.07, 6.45) is 6.99. The Morgan fingerprint density at radius 2 is 1.92 bits per heavy atom. The monoisotopic (exact) mass is 347 g/mol. The van der Waals surface area contributed by atoms with E-state index in [1.807, 2.05) is 26.8 Å². The predicted molar refractivity (Wildman–Crippen MR) is 94.7 cm³/mol. The van der Waals surface area contributed by atoms with Gasteiger partial charge in [-0.15, -0.1) is 0 Å². The number of hydrogen-bond acceptors (Lipinski definition) is 5. The van der Waals surface area contributed by atoms with Crippen LogP contribution in [0.5, 0.6) is 5.88 Å². The second-order valence-electron chi connectivity index (χ2n) is 8.13. The summed E-state index contributed by atoms with van der Waals surface area (Å²) >= 11 is 0. The number of likely N-dealkylation sites (tertiary alicyclic amines) is 1. The van der Waals surface area contributed by atoms with Crippen molar-refractivity contribution in [1.82, 2.24) is 14.9 Å². The average Bonchev–Trinajstić information content (AvgIpc) is 2.50. The number of piperidine rings is 1. The number of aromatic nitrogens is 2. The van der Waals surface area contributed by atoms with Gasteiger partial charge in [-0.05, 0) is 52.4 Å². The Bertz CT molecular complexity index is 588. The molecule has 2 heterocycles. The van der Waals surface area contributed by atoms with Crippen molar-refractivity contribution in [3.63, 3.8) is 0 Å². The van der Waals surface area contributed by atoms with Gasteiger partial charge in [0.25, 0.3) is 0 Å². The van der Waals surface area contributed by atoms with Gasteiger partial charge < -0.3 is 14.4 Å². The van der Waals surface area contributed by atoms with Gasteiger partial charge in [-0.3, -0.25) is 0 Å². The summed E-state index contributed by atoms with van der Waals surface area (Å²) in [6, 6.07) is 1.99. The Morgan fingerprint density at radius 1 is 1.20 bits per heavy atom. The zero-order chi connectivity index (χ0) is 17.9. The van der Waals surface area contributed by atoms with Crippen molar-refractivity contribution in [2.75, 3.05) is 19.7 Å². The van der Waals surface area contributed by atoms with Crippen LogP contribution in [0.2, 0.25) is 0 Å². The van der Waals surface area contributed by atoms with Crippen molar-refractivity contribution < 1.29 is 14.3 Å². The first-order chi connectivity index (χ1) is 11.9. The molecule has 1 aliphatic heterocycles. The summed E-state index contributed by atoms with van der Waals surface area (Å²) in [5.41, 5.74) is 0.665. The van der Waals surface area contributed by atoms with Crippen molar-refractivity contribution in [1.29, 1.82) is 0 Å². The minimum Gasteiger partial charge on any atom is -0.477 e. The van der Waals surface area contributed by atoms with Crippen LogP contribution in [0, 0.1) is 5.92 Å². The maximum Gasteiger partial charge on any atom is 0.410 e. The third-order valence-corrected chi connectivity index (χ3v) is 4.92. The van der Waals surface area contributed by atoms with Crippen molar-refractivity contribution in [3.8, 4) is 5.88 Å². The van der Waals surface area contributed by atoms with Crippen LogP contribution in [-0.2, 0) is 4.74 Å². The van der Waals surface area contributed by atoms with Crippen molar-refractivity contribution in [2.45, 2.75) is 64.4 Å². The third kappa shape index (κ3) is 5.06. The molecule has 0 atom stereocenters. The zero-order valence-electron chi connectivity index (χ0n) is 15.5. The highest BCUT2D eigenvalue weighted by molar-refractivity contribution is 5.68. The van der Waals surface area contributed by atoms with E-state index in [2.05, 4.69) is 9.97 Å². The number of nitrogens with zero attached hydrogens (tertiary/aromatic N) is 3. The number of ether oxygens (including phenoxy) is 2. The second kappa shape index (κ2) is 7.58. The van der Waals surface area contributed by atoms with Crippen molar-refractivity contribution in [3.05, 3.63) is 18.1 Å². The van der Waals surface area contributed by atoms with E-state index >= 15 is 0 Å². The fourth-order valence-corrected chi connectivity index (χ4v) is 3.17. The summed E-state index contributed by atoms with van der Waals surface area (Å²) in [5, 5.41) is 0. The van der Waals surface area contributed by atoms with Crippen molar-refractivity contribution >= 4 is 6.09 Å². The molecular formula is C19H29N3O3. The first kappa shape index (κ1) is 18.0. The lowest BCUT2D eigenvalue weighted by Crippen LogP contribution is -2.42. The largest absolute Gasteiger partial charge is 0.477 e. The lowest BCUT2D eigenvalue weighted by molar-refractivity contribution is 0.0164. The van der Waals surface area contributed by atoms with E-state index in [-0.39, 0.29) is 6.09 Å². The molecule has 0 bridgehead atoms. The highest BCUT2D eigenvalue weighted by Gasteiger charge is 2.27. The van der Waals surface area contributed by atoms with Gasteiger partial charge in [-0.1, -0.05) is 6.42 Å². The van der Waals surface area contributed by atoms with Gasteiger partial charge in [0.05, 0.1) is 12.3 Å². The first-order valence-corrected chi connectivity index (χ1v) is 9.33. The number of amides is 1. The van der Waals surface area contributed by atoms with E-state index in [9.17, 15) is 4.79 Å². The van der Waals surface area contributed by atoms with Crippen LogP contribution in [0.15, 0.2) is 12.4 Å². The summed E-state index contributed by atoms with van der Waals surface area (Å²) in [5.74, 6) is 1.70. The number of rotatable bonds is 4. The molecule has 1 aromatic heterocycles. The molecule has 1 aromatic rings. The lowest BCUT2D eigenvalue weighted by Gasteiger charge is -2.33. The molecule has 25 heavy (non-hydrogen) atoms. The minimum atomic E-state index is -0.442. The highest BCUT2D eigenvalue weighted by atomic mass is 16.6. The number of carbonyl (C=O) groups is 1. The first-order valence-electron chi connectivity index (χ1n) is 9.33. The molecular weight excluding hydrogens is 318 g/mol. The standard InChI is InChI=1S/C19H29N3O3/c1-19(2,3)25-18(23)22-9-7-14(8-10-22)12-24-17-11-16(20-13-21-17)15-5-4-6-15/h11,13-15H,4-10,12H2,1-3H3. The van der Waals surface area contributed by atoms with Gasteiger partial charge in [0.2, 0.25) is 5.88 Å². The van der Waals surface area contributed by atoms with Crippen LogP contribution >= 0.6 is 0 Å². The molecule has 1 saturated heterocycles. The Morgan fingerprint density at radius 3 is 2.52 bits per heavy atom. The predicted octanol–water partition coefficient (Wildman–Crippen LogP) is 3.77. The minimum absolute atomic E-state index is 0.215. The average molecular weight is 347 g/mol. The molecule has 1 saturated carbocycles. The molecule has 1 aliphatic carbocycles. The summed E-state index contributed by atoms with van der Waals surface area (Å²) in [4.78, 5) is 22.5. The molecule has 3 rings (SSSR count). The summed E-state index contributed by atoms with van der Waals surface area (Å²) < 4.78 is 11.3. The van der Waals surface area contributed by atoms with Crippen LogP contribution in [0.4, 0.5) is 4.79 Å². The van der Waals surface area contributed by atoms with E-state index < -0.39 is 5.60 Å². The number of hydrogen-bond donors (Lipinski definition) is 0. The van der Waals surface area contributed by atoms with Gasteiger partial charge in [-0.2, -0.15) is 0 Å². The zero-order valence-corrected chi connectivity index (χ0v) is 15.5. The molecule has 2 fully saturated rings. The van der Waals surface area contributed by atoms with Crippen LogP contribution in [0.1, 0.15) is 64.5 Å². The van der Waals surface area contributed by atoms with E-state index in [4.69, 9.17) is 9.47 Å². The van der Waals surface area contributed by atoms with E-state index in [1.54, 1.807) is 11.2 Å². The lowest BCUT2D eigenvalue weighted by atomic mass is 9.83. The topological polar surface area (TPSA) is 64.5 Å². The van der Waals surface area contributed by atoms with Crippen LogP contribution < -0.4 is 4.74 Å². The molecule has 0 spiro atoms. The second-order valence-corrected chi connectivity index (χ2v) is 8.13. The smallest absolute Gasteiger partial charge is 0.410 e. The third-order valence-electron chi connectivity index (χ3n) is 4.92. The van der Waals surface area contributed by atoms with Gasteiger partial charge in [-0.25, -0.2) is 14.8 Å². The quantitative estimate of drug-likeness (QED) is 0.829. The van der Waals surface area contributed by atoms with Crippen LogP contribution in [0.25, 0.3) is 0 Å². The Balaban J connectivity index is 1.43. The summed E-state index contributed by atoms with van der Waals surface area (Å²) in [6.45, 7) is 7.77. The molecule has 6 nitrogen and oxygen atoms in total. The van der Waals surface area contributed by atoms with Crippen LogP contribution in [0.3, 0.4) is 0 Å². The maximum atomic E-state index is 12.1. The van der Waals surface area contributed by atoms with E-state index in [0.717, 1.165) is 31.6 Å². The molecule has 6 heteroatoms. The van der Waals surface area contributed by atoms with E-state index in [1.165, 1.54) is 19.3 Å². The Kier molecular flexibility index (Phi) is 5.45. The Labute approximate surface area is 149 Å². The fourth-order valence-electron chi connectivity index (χ4n) is 3.17.